The van der Waals surface area contributed by atoms with Crippen LogP contribution >= 0.6 is 0 Å². The van der Waals surface area contributed by atoms with E-state index >= 15 is 0 Å². The maximum atomic E-state index is 12.7. The molecule has 1 heterocycles. The molecule has 1 aliphatic heterocycles. The lowest BCUT2D eigenvalue weighted by Gasteiger charge is -2.28. The van der Waals surface area contributed by atoms with E-state index in [1.807, 2.05) is 0 Å². The number of carboxylic acids is 1. The average molecular weight is 348 g/mol. The van der Waals surface area contributed by atoms with Gasteiger partial charge in [-0.15, -0.1) is 0 Å². The van der Waals surface area contributed by atoms with Crippen LogP contribution in [0, 0.1) is 0 Å². The lowest BCUT2D eigenvalue weighted by molar-refractivity contribution is -0.145. The fourth-order valence-corrected chi connectivity index (χ4v) is 3.18. The summed E-state index contributed by atoms with van der Waals surface area (Å²) in [6, 6.07) is 6.86. The van der Waals surface area contributed by atoms with Crippen molar-refractivity contribution in [3.05, 3.63) is 29.8 Å². The molecule has 0 spiro atoms. The molecule has 0 unspecified atom stereocenters. The number of likely N-dealkylation sites (tertiary alicyclic amines) is 1. The van der Waals surface area contributed by atoms with Gasteiger partial charge in [0.05, 0.1) is 7.11 Å². The predicted octanol–water partition coefficient (Wildman–Crippen LogP) is 1.62. The van der Waals surface area contributed by atoms with E-state index in [0.29, 0.717) is 37.2 Å². The first kappa shape index (κ1) is 18.8. The molecule has 1 N–H and O–H groups in total. The molecule has 136 valence electrons. The van der Waals surface area contributed by atoms with Crippen LogP contribution in [0.4, 0.5) is 0 Å². The van der Waals surface area contributed by atoms with Crippen LogP contribution in [0.15, 0.2) is 24.3 Å². The Hall–Kier alpha value is -2.57. The zero-order valence-corrected chi connectivity index (χ0v) is 14.6. The Labute approximate surface area is 147 Å². The number of benzene rings is 1. The van der Waals surface area contributed by atoms with Crippen LogP contribution in [-0.2, 0) is 9.59 Å². The van der Waals surface area contributed by atoms with Gasteiger partial charge in [-0.05, 0) is 37.5 Å². The highest BCUT2D eigenvalue weighted by Crippen LogP contribution is 2.20. The van der Waals surface area contributed by atoms with Gasteiger partial charge in [-0.2, -0.15) is 0 Å². The fourth-order valence-electron chi connectivity index (χ4n) is 3.18. The molecule has 0 saturated carbocycles. The van der Waals surface area contributed by atoms with E-state index in [0.717, 1.165) is 6.42 Å². The molecule has 2 amide bonds. The van der Waals surface area contributed by atoms with Gasteiger partial charge in [-0.25, -0.2) is 0 Å². The first-order valence-electron chi connectivity index (χ1n) is 8.34. The van der Waals surface area contributed by atoms with Crippen molar-refractivity contribution in [2.24, 2.45) is 0 Å². The van der Waals surface area contributed by atoms with Crippen molar-refractivity contribution < 1.29 is 24.2 Å². The van der Waals surface area contributed by atoms with Crippen molar-refractivity contribution in [2.45, 2.75) is 32.2 Å². The molecule has 25 heavy (non-hydrogen) atoms. The summed E-state index contributed by atoms with van der Waals surface area (Å²) in [5.41, 5.74) is 0.562. The Morgan fingerprint density at radius 3 is 2.68 bits per heavy atom. The van der Waals surface area contributed by atoms with Crippen LogP contribution in [0.1, 0.15) is 36.5 Å². The first-order chi connectivity index (χ1) is 11.9. The number of methoxy groups -OCH3 is 1. The molecule has 1 aliphatic rings. The van der Waals surface area contributed by atoms with E-state index < -0.39 is 5.97 Å². The molecule has 1 aromatic carbocycles. The van der Waals surface area contributed by atoms with Crippen molar-refractivity contribution in [1.29, 1.82) is 0 Å². The normalized spacial score (nSPS) is 17.5. The third kappa shape index (κ3) is 4.95. The predicted molar refractivity (Wildman–Crippen MR) is 91.6 cm³/mol. The average Bonchev–Trinajstić information content (AvgIpc) is 2.84. The second kappa shape index (κ2) is 8.50. The molecule has 1 fully saturated rings. The Balaban J connectivity index is 2.06. The molecular formula is C18H24N2O5. The summed E-state index contributed by atoms with van der Waals surface area (Å²) >= 11 is 0. The molecule has 0 aliphatic carbocycles. The molecule has 7 nitrogen and oxygen atoms in total. The van der Waals surface area contributed by atoms with Gasteiger partial charge in [-0.3, -0.25) is 14.4 Å². The highest BCUT2D eigenvalue weighted by Gasteiger charge is 2.27. The Kier molecular flexibility index (Phi) is 6.38. The van der Waals surface area contributed by atoms with Crippen molar-refractivity contribution >= 4 is 17.8 Å². The second-order valence-corrected chi connectivity index (χ2v) is 6.15. The monoisotopic (exact) mass is 348 g/mol. The van der Waals surface area contributed by atoms with Gasteiger partial charge in [-0.1, -0.05) is 6.07 Å². The topological polar surface area (TPSA) is 87.2 Å². The summed E-state index contributed by atoms with van der Waals surface area (Å²) in [4.78, 5) is 38.6. The van der Waals surface area contributed by atoms with E-state index in [9.17, 15) is 14.4 Å². The zero-order chi connectivity index (χ0) is 18.4. The Bertz CT molecular complexity index is 646. The van der Waals surface area contributed by atoms with Gasteiger partial charge in [0.2, 0.25) is 5.91 Å². The Morgan fingerprint density at radius 2 is 2.04 bits per heavy atom. The van der Waals surface area contributed by atoms with E-state index in [1.54, 1.807) is 36.3 Å². The lowest BCUT2D eigenvalue weighted by Crippen LogP contribution is -2.43. The number of aliphatic carboxylic acids is 1. The molecule has 2 rings (SSSR count). The van der Waals surface area contributed by atoms with E-state index in [4.69, 9.17) is 9.84 Å². The van der Waals surface area contributed by atoms with E-state index in [-0.39, 0.29) is 24.4 Å². The minimum absolute atomic E-state index is 0.0767. The number of carboxylic acid groups (broad SMARTS) is 1. The molecule has 0 bridgehead atoms. The minimum Gasteiger partial charge on any atom is -0.497 e. The smallest absolute Gasteiger partial charge is 0.323 e. The summed E-state index contributed by atoms with van der Waals surface area (Å²) in [7, 11) is 1.55. The highest BCUT2D eigenvalue weighted by atomic mass is 16.5. The quantitative estimate of drug-likeness (QED) is 0.874. The molecule has 7 heteroatoms. The number of carbonyl (C=O) groups excluding carboxylic acids is 2. The molecule has 1 saturated heterocycles. The maximum Gasteiger partial charge on any atom is 0.323 e. The number of nitrogens with zero attached hydrogens (tertiary/aromatic N) is 2. The third-order valence-electron chi connectivity index (χ3n) is 4.45. The van der Waals surface area contributed by atoms with Crippen LogP contribution in [0.2, 0.25) is 0 Å². The summed E-state index contributed by atoms with van der Waals surface area (Å²) < 4.78 is 5.16. The number of hydrogen-bond acceptors (Lipinski definition) is 4. The third-order valence-corrected chi connectivity index (χ3v) is 4.45. The van der Waals surface area contributed by atoms with Crippen LogP contribution in [0.25, 0.3) is 0 Å². The number of carbonyl (C=O) groups is 3. The molecule has 0 radical (unpaired) electrons. The van der Waals surface area contributed by atoms with Gasteiger partial charge < -0.3 is 19.6 Å². The largest absolute Gasteiger partial charge is 0.497 e. The number of rotatable bonds is 5. The summed E-state index contributed by atoms with van der Waals surface area (Å²) in [6.45, 7) is 2.16. The molecule has 1 aromatic rings. The minimum atomic E-state index is -1.02. The summed E-state index contributed by atoms with van der Waals surface area (Å²) in [5, 5.41) is 9.00. The van der Waals surface area contributed by atoms with Gasteiger partial charge in [0, 0.05) is 31.6 Å². The SMILES string of the molecule is COc1cccc(C(=O)N2CCC[C@@H](N(CC(=O)O)C(C)=O)CC2)c1. The van der Waals surface area contributed by atoms with Crippen molar-refractivity contribution in [3.63, 3.8) is 0 Å². The van der Waals surface area contributed by atoms with Gasteiger partial charge >= 0.3 is 5.97 Å². The number of hydrogen-bond donors (Lipinski definition) is 1. The standard InChI is InChI=1S/C18H24N2O5/c1-13(21)20(12-17(22)23)15-6-4-9-19(10-8-15)18(24)14-5-3-7-16(11-14)25-2/h3,5,7,11,15H,4,6,8-10,12H2,1-2H3,(H,22,23)/t15-/m1/s1. The van der Waals surface area contributed by atoms with Crippen molar-refractivity contribution in [2.75, 3.05) is 26.7 Å². The highest BCUT2D eigenvalue weighted by molar-refractivity contribution is 5.94. The van der Waals surface area contributed by atoms with Gasteiger partial charge in [0.15, 0.2) is 0 Å². The van der Waals surface area contributed by atoms with Crippen molar-refractivity contribution in [1.82, 2.24) is 9.80 Å². The van der Waals surface area contributed by atoms with Crippen molar-refractivity contribution in [3.8, 4) is 5.75 Å². The maximum absolute atomic E-state index is 12.7. The summed E-state index contributed by atoms with van der Waals surface area (Å²) in [6.07, 6.45) is 1.99. The van der Waals surface area contributed by atoms with Crippen LogP contribution in [0.3, 0.4) is 0 Å². The molecule has 1 atom stereocenters. The van der Waals surface area contributed by atoms with Crippen LogP contribution < -0.4 is 4.74 Å². The second-order valence-electron chi connectivity index (χ2n) is 6.15. The van der Waals surface area contributed by atoms with E-state index in [2.05, 4.69) is 0 Å². The number of ether oxygens (including phenoxy) is 1. The molecule has 0 aromatic heterocycles. The van der Waals surface area contributed by atoms with Gasteiger partial charge in [0.25, 0.3) is 5.91 Å². The fraction of sp³-hybridized carbons (Fsp3) is 0.500. The number of amides is 2. The van der Waals surface area contributed by atoms with Gasteiger partial charge in [0.1, 0.15) is 12.3 Å². The van der Waals surface area contributed by atoms with E-state index in [1.165, 1.54) is 11.8 Å². The molecular weight excluding hydrogens is 324 g/mol. The zero-order valence-electron chi connectivity index (χ0n) is 14.6. The first-order valence-corrected chi connectivity index (χ1v) is 8.34. The van der Waals surface area contributed by atoms with Crippen LogP contribution in [-0.4, -0.2) is 65.5 Å². The lowest BCUT2D eigenvalue weighted by atomic mass is 10.1. The summed E-state index contributed by atoms with van der Waals surface area (Å²) in [5.74, 6) is -0.723. The Morgan fingerprint density at radius 1 is 1.28 bits per heavy atom. The van der Waals surface area contributed by atoms with Crippen LogP contribution in [0.5, 0.6) is 5.75 Å².